The zero-order valence-corrected chi connectivity index (χ0v) is 20.0. The van der Waals surface area contributed by atoms with E-state index in [1.807, 2.05) is 0 Å². The average molecular weight is 491 g/mol. The number of guanidine groups is 1. The van der Waals surface area contributed by atoms with Crippen LogP contribution in [0.2, 0.25) is 0 Å². The standard InChI is InChI=1S/C19H37N7.HI/c1-6-17(5)22-19(20-8-9-26-15-21-23-18(26)7-2)25-12-10-24(11-13-25)14-16(3)4;/h15-17H,6-14H2,1-5H3,(H,20,22);1H. The number of aryl methyl sites for hydroxylation is 1. The maximum absolute atomic E-state index is 4.91. The molecule has 1 aliphatic rings. The summed E-state index contributed by atoms with van der Waals surface area (Å²) in [7, 11) is 0. The SMILES string of the molecule is CCc1nncn1CCN=C(NC(C)CC)N1CCN(CC(C)C)CC1.I. The lowest BCUT2D eigenvalue weighted by atomic mass is 10.2. The zero-order chi connectivity index (χ0) is 18.9. The van der Waals surface area contributed by atoms with Crippen molar-refractivity contribution in [2.75, 3.05) is 39.3 Å². The Bertz CT molecular complexity index is 550. The van der Waals surface area contributed by atoms with E-state index in [0.29, 0.717) is 6.04 Å². The number of aromatic nitrogens is 3. The second-order valence-electron chi connectivity index (χ2n) is 7.63. The lowest BCUT2D eigenvalue weighted by Crippen LogP contribution is -2.54. The van der Waals surface area contributed by atoms with Crippen molar-refractivity contribution in [2.45, 2.75) is 60.0 Å². The van der Waals surface area contributed by atoms with Gasteiger partial charge in [-0.05, 0) is 19.3 Å². The van der Waals surface area contributed by atoms with Crippen LogP contribution in [-0.2, 0) is 13.0 Å². The summed E-state index contributed by atoms with van der Waals surface area (Å²) in [4.78, 5) is 9.88. The van der Waals surface area contributed by atoms with Crippen LogP contribution in [0.5, 0.6) is 0 Å². The molecule has 1 saturated heterocycles. The van der Waals surface area contributed by atoms with Gasteiger partial charge in [-0.25, -0.2) is 0 Å². The molecule has 1 aromatic rings. The first-order valence-corrected chi connectivity index (χ1v) is 10.2. The van der Waals surface area contributed by atoms with Gasteiger partial charge in [0.25, 0.3) is 0 Å². The van der Waals surface area contributed by atoms with Crippen LogP contribution in [0.4, 0.5) is 0 Å². The first-order chi connectivity index (χ1) is 12.5. The molecule has 1 aliphatic heterocycles. The van der Waals surface area contributed by atoms with Gasteiger partial charge in [-0.2, -0.15) is 0 Å². The minimum absolute atomic E-state index is 0. The molecule has 2 heterocycles. The van der Waals surface area contributed by atoms with E-state index in [9.17, 15) is 0 Å². The predicted octanol–water partition coefficient (Wildman–Crippen LogP) is 2.48. The Labute approximate surface area is 182 Å². The molecule has 1 fully saturated rings. The Morgan fingerprint density at radius 1 is 1.19 bits per heavy atom. The van der Waals surface area contributed by atoms with E-state index >= 15 is 0 Å². The van der Waals surface area contributed by atoms with Crippen LogP contribution in [0, 0.1) is 5.92 Å². The fraction of sp³-hybridized carbons (Fsp3) is 0.842. The van der Waals surface area contributed by atoms with Crippen molar-refractivity contribution < 1.29 is 0 Å². The summed E-state index contributed by atoms with van der Waals surface area (Å²) in [5, 5.41) is 11.8. The van der Waals surface area contributed by atoms with E-state index in [1.54, 1.807) is 6.33 Å². The number of aliphatic imine (C=N–C) groups is 1. The molecule has 1 atom stereocenters. The summed E-state index contributed by atoms with van der Waals surface area (Å²) < 4.78 is 2.10. The van der Waals surface area contributed by atoms with Gasteiger partial charge in [0, 0.05) is 51.7 Å². The van der Waals surface area contributed by atoms with Crippen LogP contribution in [-0.4, -0.2) is 75.8 Å². The Balaban J connectivity index is 0.00000364. The summed E-state index contributed by atoms with van der Waals surface area (Å²) in [6.45, 7) is 18.2. The van der Waals surface area contributed by atoms with Crippen molar-refractivity contribution in [1.29, 1.82) is 0 Å². The minimum atomic E-state index is 0. The molecule has 1 aromatic heterocycles. The molecule has 0 spiro atoms. The second kappa shape index (κ2) is 12.5. The van der Waals surface area contributed by atoms with Gasteiger partial charge in [-0.15, -0.1) is 34.2 Å². The van der Waals surface area contributed by atoms with Crippen LogP contribution in [0.25, 0.3) is 0 Å². The maximum atomic E-state index is 4.91. The van der Waals surface area contributed by atoms with Crippen LogP contribution < -0.4 is 5.32 Å². The first kappa shape index (κ1) is 24.1. The van der Waals surface area contributed by atoms with E-state index in [1.165, 1.54) is 6.54 Å². The highest BCUT2D eigenvalue weighted by Gasteiger charge is 2.21. The fourth-order valence-corrected chi connectivity index (χ4v) is 3.22. The highest BCUT2D eigenvalue weighted by molar-refractivity contribution is 14.0. The number of nitrogens with zero attached hydrogens (tertiary/aromatic N) is 6. The summed E-state index contributed by atoms with van der Waals surface area (Å²) in [5.74, 6) is 2.80. The fourth-order valence-electron chi connectivity index (χ4n) is 3.22. The highest BCUT2D eigenvalue weighted by atomic mass is 127. The summed E-state index contributed by atoms with van der Waals surface area (Å²) in [5.41, 5.74) is 0. The first-order valence-electron chi connectivity index (χ1n) is 10.2. The Morgan fingerprint density at radius 2 is 1.89 bits per heavy atom. The Morgan fingerprint density at radius 3 is 2.48 bits per heavy atom. The molecule has 1 unspecified atom stereocenters. The molecule has 0 bridgehead atoms. The van der Waals surface area contributed by atoms with Crippen LogP contribution >= 0.6 is 24.0 Å². The van der Waals surface area contributed by atoms with Crippen molar-refractivity contribution in [3.8, 4) is 0 Å². The molecule has 1 N–H and O–H groups in total. The number of halogens is 1. The number of hydrogen-bond donors (Lipinski definition) is 1. The van der Waals surface area contributed by atoms with E-state index < -0.39 is 0 Å². The van der Waals surface area contributed by atoms with Crippen LogP contribution in [0.15, 0.2) is 11.3 Å². The van der Waals surface area contributed by atoms with E-state index in [-0.39, 0.29) is 24.0 Å². The quantitative estimate of drug-likeness (QED) is 0.344. The van der Waals surface area contributed by atoms with Gasteiger partial charge in [0.05, 0.1) is 6.54 Å². The molecule has 0 aliphatic carbocycles. The zero-order valence-electron chi connectivity index (χ0n) is 17.7. The third-order valence-electron chi connectivity index (χ3n) is 4.90. The summed E-state index contributed by atoms with van der Waals surface area (Å²) in [6.07, 6.45) is 3.80. The van der Waals surface area contributed by atoms with E-state index in [0.717, 1.165) is 69.8 Å². The van der Waals surface area contributed by atoms with Gasteiger partial charge in [0.15, 0.2) is 5.96 Å². The topological polar surface area (TPSA) is 61.6 Å². The normalized spacial score (nSPS) is 17.1. The maximum Gasteiger partial charge on any atom is 0.194 e. The van der Waals surface area contributed by atoms with E-state index in [2.05, 4.69) is 64.5 Å². The van der Waals surface area contributed by atoms with Gasteiger partial charge < -0.3 is 14.8 Å². The molecule has 0 amide bonds. The molecule has 0 saturated carbocycles. The summed E-state index contributed by atoms with van der Waals surface area (Å²) >= 11 is 0. The lowest BCUT2D eigenvalue weighted by molar-refractivity contribution is 0.163. The molecule has 156 valence electrons. The highest BCUT2D eigenvalue weighted by Crippen LogP contribution is 2.07. The third kappa shape index (κ3) is 7.93. The van der Waals surface area contributed by atoms with Crippen LogP contribution in [0.1, 0.15) is 46.9 Å². The molecule has 8 heteroatoms. The molecule has 7 nitrogen and oxygen atoms in total. The van der Waals surface area contributed by atoms with Crippen molar-refractivity contribution in [3.05, 3.63) is 12.2 Å². The third-order valence-corrected chi connectivity index (χ3v) is 4.90. The smallest absolute Gasteiger partial charge is 0.194 e. The van der Waals surface area contributed by atoms with Crippen molar-refractivity contribution in [3.63, 3.8) is 0 Å². The predicted molar refractivity (Wildman–Crippen MR) is 123 cm³/mol. The monoisotopic (exact) mass is 491 g/mol. The molecule has 27 heavy (non-hydrogen) atoms. The van der Waals surface area contributed by atoms with Crippen LogP contribution in [0.3, 0.4) is 0 Å². The average Bonchev–Trinajstić information content (AvgIpc) is 3.08. The van der Waals surface area contributed by atoms with Gasteiger partial charge >= 0.3 is 0 Å². The Kier molecular flexibility index (Phi) is 11.2. The molecular weight excluding hydrogens is 453 g/mol. The van der Waals surface area contributed by atoms with Gasteiger partial charge in [-0.3, -0.25) is 9.89 Å². The molecule has 0 radical (unpaired) electrons. The lowest BCUT2D eigenvalue weighted by Gasteiger charge is -2.38. The largest absolute Gasteiger partial charge is 0.354 e. The van der Waals surface area contributed by atoms with Crippen molar-refractivity contribution in [2.24, 2.45) is 10.9 Å². The van der Waals surface area contributed by atoms with Gasteiger partial charge in [0.1, 0.15) is 12.2 Å². The number of nitrogens with one attached hydrogen (secondary N) is 1. The van der Waals surface area contributed by atoms with Gasteiger partial charge in [-0.1, -0.05) is 27.7 Å². The molecule has 0 aromatic carbocycles. The number of piperazine rings is 1. The second-order valence-corrected chi connectivity index (χ2v) is 7.63. The number of rotatable bonds is 8. The molecule has 2 rings (SSSR count). The summed E-state index contributed by atoms with van der Waals surface area (Å²) in [6, 6.07) is 0.434. The Hall–Kier alpha value is -0.900. The van der Waals surface area contributed by atoms with Crippen molar-refractivity contribution >= 4 is 29.9 Å². The number of hydrogen-bond acceptors (Lipinski definition) is 4. The van der Waals surface area contributed by atoms with Crippen molar-refractivity contribution in [1.82, 2.24) is 29.9 Å². The molecular formula is C19H38IN7. The van der Waals surface area contributed by atoms with Gasteiger partial charge in [0.2, 0.25) is 0 Å². The minimum Gasteiger partial charge on any atom is -0.354 e. The van der Waals surface area contributed by atoms with E-state index in [4.69, 9.17) is 4.99 Å².